The first-order valence-electron chi connectivity index (χ1n) is 10.6. The number of carboxylic acid groups (broad SMARTS) is 1. The van der Waals surface area contributed by atoms with Crippen LogP contribution in [0.15, 0.2) is 91.6 Å². The number of benzene rings is 3. The van der Waals surface area contributed by atoms with Crippen LogP contribution in [-0.4, -0.2) is 33.1 Å². The van der Waals surface area contributed by atoms with Crippen molar-refractivity contribution >= 4 is 50.0 Å². The van der Waals surface area contributed by atoms with Gasteiger partial charge < -0.3 is 14.3 Å². The summed E-state index contributed by atoms with van der Waals surface area (Å²) in [4.78, 5) is 29.0. The number of halogens is 1. The molecule has 0 unspecified atom stereocenters. The molecule has 0 saturated carbocycles. The zero-order chi connectivity index (χ0) is 24.5. The van der Waals surface area contributed by atoms with Gasteiger partial charge in [-0.25, -0.2) is 9.78 Å². The number of hydrogen-bond acceptors (Lipinski definition) is 6. The maximum atomic E-state index is 13.3. The Labute approximate surface area is 207 Å². The maximum Gasteiger partial charge on any atom is 0.344 e. The van der Waals surface area contributed by atoms with Crippen molar-refractivity contribution in [1.82, 2.24) is 9.66 Å². The minimum absolute atomic E-state index is 0.271. The number of rotatable bonds is 6. The highest BCUT2D eigenvalue weighted by Gasteiger charge is 2.17. The molecule has 0 fully saturated rings. The number of aliphatic carboxylic acids is 1. The fourth-order valence-electron chi connectivity index (χ4n) is 3.53. The summed E-state index contributed by atoms with van der Waals surface area (Å²) in [5, 5.41) is 14.7. The number of para-hydroxylation sites is 1. The number of ether oxygens (including phenoxy) is 1. The summed E-state index contributed by atoms with van der Waals surface area (Å²) in [5.74, 6) is 0.0389. The van der Waals surface area contributed by atoms with Crippen LogP contribution in [0.4, 0.5) is 0 Å². The molecule has 1 atom stereocenters. The topological polar surface area (TPSA) is 107 Å². The number of carbonyl (C=O) groups is 1. The van der Waals surface area contributed by atoms with Crippen LogP contribution < -0.4 is 10.3 Å². The van der Waals surface area contributed by atoms with Crippen LogP contribution >= 0.6 is 15.9 Å². The molecule has 0 saturated heterocycles. The molecule has 5 aromatic rings. The van der Waals surface area contributed by atoms with Crippen LogP contribution in [0, 0.1) is 0 Å². The molecule has 0 radical (unpaired) electrons. The standard InChI is InChI=1S/C26H18BrN3O5/c1-15(26(32)33)34-19-9-6-16(7-10-19)14-28-30-24(29-21-5-3-2-4-20(21)25(30)31)23-13-17-12-18(27)8-11-22(17)35-23/h2-15H,1H3,(H,32,33)/t15-/m0/s1. The summed E-state index contributed by atoms with van der Waals surface area (Å²) < 4.78 is 13.5. The molecular formula is C26H18BrN3O5. The predicted octanol–water partition coefficient (Wildman–Crippen LogP) is 5.31. The molecule has 2 aromatic heterocycles. The molecule has 0 aliphatic carbocycles. The first-order chi connectivity index (χ1) is 16.9. The van der Waals surface area contributed by atoms with E-state index < -0.39 is 12.1 Å². The van der Waals surface area contributed by atoms with E-state index in [-0.39, 0.29) is 11.4 Å². The molecular weight excluding hydrogens is 514 g/mol. The van der Waals surface area contributed by atoms with Gasteiger partial charge in [-0.15, -0.1) is 0 Å². The van der Waals surface area contributed by atoms with Crippen molar-refractivity contribution in [2.45, 2.75) is 13.0 Å². The molecule has 5 rings (SSSR count). The van der Waals surface area contributed by atoms with Gasteiger partial charge in [0.25, 0.3) is 5.56 Å². The second kappa shape index (κ2) is 9.19. The van der Waals surface area contributed by atoms with Gasteiger partial charge in [0.05, 0.1) is 17.1 Å². The van der Waals surface area contributed by atoms with E-state index in [1.165, 1.54) is 17.8 Å². The molecule has 2 heterocycles. The fourth-order valence-corrected chi connectivity index (χ4v) is 3.90. The first-order valence-corrected chi connectivity index (χ1v) is 11.4. The van der Waals surface area contributed by atoms with Gasteiger partial charge in [0.1, 0.15) is 11.3 Å². The van der Waals surface area contributed by atoms with Crippen molar-refractivity contribution in [3.63, 3.8) is 0 Å². The first kappa shape index (κ1) is 22.5. The Morgan fingerprint density at radius 1 is 1.14 bits per heavy atom. The van der Waals surface area contributed by atoms with Gasteiger partial charge >= 0.3 is 5.97 Å². The van der Waals surface area contributed by atoms with Crippen molar-refractivity contribution in [2.24, 2.45) is 5.10 Å². The van der Waals surface area contributed by atoms with E-state index in [2.05, 4.69) is 26.0 Å². The number of hydrogen-bond donors (Lipinski definition) is 1. The van der Waals surface area contributed by atoms with Crippen molar-refractivity contribution in [3.8, 4) is 17.3 Å². The lowest BCUT2D eigenvalue weighted by atomic mass is 10.2. The summed E-state index contributed by atoms with van der Waals surface area (Å²) in [6.07, 6.45) is 0.550. The minimum atomic E-state index is -1.05. The van der Waals surface area contributed by atoms with Gasteiger partial charge in [0, 0.05) is 9.86 Å². The summed E-state index contributed by atoms with van der Waals surface area (Å²) in [6.45, 7) is 1.45. The molecule has 9 heteroatoms. The third kappa shape index (κ3) is 4.58. The van der Waals surface area contributed by atoms with E-state index in [1.807, 2.05) is 30.3 Å². The van der Waals surface area contributed by atoms with E-state index in [0.29, 0.717) is 33.6 Å². The van der Waals surface area contributed by atoms with Gasteiger partial charge in [-0.05, 0) is 73.2 Å². The molecule has 174 valence electrons. The molecule has 0 aliphatic rings. The highest BCUT2D eigenvalue weighted by molar-refractivity contribution is 9.10. The largest absolute Gasteiger partial charge is 0.479 e. The third-order valence-electron chi connectivity index (χ3n) is 5.32. The van der Waals surface area contributed by atoms with E-state index >= 15 is 0 Å². The van der Waals surface area contributed by atoms with Crippen LogP contribution in [0.2, 0.25) is 0 Å². The smallest absolute Gasteiger partial charge is 0.344 e. The molecule has 0 bridgehead atoms. The number of carboxylic acids is 1. The van der Waals surface area contributed by atoms with Crippen LogP contribution in [0.25, 0.3) is 33.5 Å². The van der Waals surface area contributed by atoms with E-state index in [1.54, 1.807) is 42.5 Å². The molecule has 35 heavy (non-hydrogen) atoms. The summed E-state index contributed by atoms with van der Waals surface area (Å²) in [5.41, 5.74) is 1.54. The maximum absolute atomic E-state index is 13.3. The lowest BCUT2D eigenvalue weighted by Gasteiger charge is -2.10. The lowest BCUT2D eigenvalue weighted by molar-refractivity contribution is -0.144. The van der Waals surface area contributed by atoms with Crippen LogP contribution in [0.1, 0.15) is 12.5 Å². The number of fused-ring (bicyclic) bond motifs is 2. The zero-order valence-electron chi connectivity index (χ0n) is 18.4. The van der Waals surface area contributed by atoms with Crippen molar-refractivity contribution in [3.05, 3.63) is 93.2 Å². The highest BCUT2D eigenvalue weighted by atomic mass is 79.9. The number of nitrogens with zero attached hydrogens (tertiary/aromatic N) is 3. The van der Waals surface area contributed by atoms with E-state index in [0.717, 1.165) is 9.86 Å². The summed E-state index contributed by atoms with van der Waals surface area (Å²) in [6, 6.07) is 21.2. The Kier molecular flexibility index (Phi) is 5.92. The molecule has 1 N–H and O–H groups in total. The number of furan rings is 1. The van der Waals surface area contributed by atoms with Gasteiger partial charge in [-0.2, -0.15) is 9.78 Å². The predicted molar refractivity (Wildman–Crippen MR) is 136 cm³/mol. The van der Waals surface area contributed by atoms with Crippen LogP contribution in [-0.2, 0) is 4.79 Å². The Morgan fingerprint density at radius 2 is 1.91 bits per heavy atom. The van der Waals surface area contributed by atoms with Crippen LogP contribution in [0.5, 0.6) is 5.75 Å². The summed E-state index contributed by atoms with van der Waals surface area (Å²) >= 11 is 3.46. The molecule has 0 aliphatic heterocycles. The normalized spacial score (nSPS) is 12.4. The monoisotopic (exact) mass is 531 g/mol. The van der Waals surface area contributed by atoms with Crippen molar-refractivity contribution in [1.29, 1.82) is 0 Å². The zero-order valence-corrected chi connectivity index (χ0v) is 20.0. The van der Waals surface area contributed by atoms with E-state index in [4.69, 9.17) is 14.3 Å². The number of aromatic nitrogens is 2. The summed E-state index contributed by atoms with van der Waals surface area (Å²) in [7, 11) is 0. The second-order valence-electron chi connectivity index (χ2n) is 7.77. The van der Waals surface area contributed by atoms with Crippen molar-refractivity contribution < 1.29 is 19.1 Å². The third-order valence-corrected chi connectivity index (χ3v) is 5.81. The Morgan fingerprint density at radius 3 is 2.69 bits per heavy atom. The van der Waals surface area contributed by atoms with Crippen molar-refractivity contribution in [2.75, 3.05) is 0 Å². The molecule has 3 aromatic carbocycles. The molecule has 0 spiro atoms. The Balaban J connectivity index is 1.57. The second-order valence-corrected chi connectivity index (χ2v) is 8.69. The Bertz CT molecular complexity index is 1650. The average molecular weight is 532 g/mol. The SMILES string of the molecule is C[C@H](Oc1ccc(C=Nn2c(-c3cc4cc(Br)ccc4o3)nc3ccccc3c2=O)cc1)C(=O)O. The van der Waals surface area contributed by atoms with Crippen LogP contribution in [0.3, 0.4) is 0 Å². The minimum Gasteiger partial charge on any atom is -0.479 e. The van der Waals surface area contributed by atoms with Gasteiger partial charge in [-0.3, -0.25) is 4.79 Å². The van der Waals surface area contributed by atoms with Gasteiger partial charge in [-0.1, -0.05) is 28.1 Å². The lowest BCUT2D eigenvalue weighted by Crippen LogP contribution is -2.22. The Hall–Kier alpha value is -4.24. The van der Waals surface area contributed by atoms with E-state index in [9.17, 15) is 9.59 Å². The quantitative estimate of drug-likeness (QED) is 0.297. The highest BCUT2D eigenvalue weighted by Crippen LogP contribution is 2.29. The van der Waals surface area contributed by atoms with Gasteiger partial charge in [0.2, 0.25) is 5.82 Å². The molecule has 8 nitrogen and oxygen atoms in total. The van der Waals surface area contributed by atoms with Gasteiger partial charge in [0.15, 0.2) is 11.9 Å². The average Bonchev–Trinajstić information content (AvgIpc) is 3.27. The fraction of sp³-hybridized carbons (Fsp3) is 0.0769. The molecule has 0 amide bonds.